The molecule has 6 heteroatoms. The number of carbonyl (C=O) groups is 1. The van der Waals surface area contributed by atoms with E-state index in [-0.39, 0.29) is 5.91 Å². The van der Waals surface area contributed by atoms with Crippen molar-refractivity contribution in [2.45, 2.75) is 25.8 Å². The number of rotatable bonds is 6. The van der Waals surface area contributed by atoms with Crippen LogP contribution >= 0.6 is 0 Å². The van der Waals surface area contributed by atoms with E-state index in [1.54, 1.807) is 6.20 Å². The maximum Gasteiger partial charge on any atom is 0.252 e. The number of hydrogen-bond acceptors (Lipinski definition) is 5. The molecule has 1 saturated heterocycles. The van der Waals surface area contributed by atoms with Crippen molar-refractivity contribution in [3.05, 3.63) is 24.4 Å². The zero-order valence-electron chi connectivity index (χ0n) is 11.9. The Hall–Kier alpha value is -1.66. The fourth-order valence-electron chi connectivity index (χ4n) is 2.47. The molecule has 0 saturated carbocycles. The minimum absolute atomic E-state index is 0.0314. The van der Waals surface area contributed by atoms with E-state index < -0.39 is 0 Å². The summed E-state index contributed by atoms with van der Waals surface area (Å²) < 4.78 is 0. The maximum absolute atomic E-state index is 12.0. The van der Waals surface area contributed by atoms with Crippen molar-refractivity contribution in [2.24, 2.45) is 0 Å². The second kappa shape index (κ2) is 7.81. The SMILES string of the molecule is CCN(CC(=O)NNc1ccccn1)C1CCNCC1. The van der Waals surface area contributed by atoms with Crippen LogP contribution < -0.4 is 16.2 Å². The van der Waals surface area contributed by atoms with E-state index in [9.17, 15) is 4.79 Å². The van der Waals surface area contributed by atoms with Crippen molar-refractivity contribution in [3.63, 3.8) is 0 Å². The molecular weight excluding hydrogens is 254 g/mol. The summed E-state index contributed by atoms with van der Waals surface area (Å²) in [6, 6.07) is 6.02. The van der Waals surface area contributed by atoms with Crippen LogP contribution in [0, 0.1) is 0 Å². The summed E-state index contributed by atoms with van der Waals surface area (Å²) in [5.41, 5.74) is 5.52. The van der Waals surface area contributed by atoms with Gasteiger partial charge in [-0.2, -0.15) is 0 Å². The molecule has 0 radical (unpaired) electrons. The van der Waals surface area contributed by atoms with Crippen LogP contribution in [-0.4, -0.2) is 48.0 Å². The summed E-state index contributed by atoms with van der Waals surface area (Å²) in [5.74, 6) is 0.613. The third kappa shape index (κ3) is 4.47. The first-order chi connectivity index (χ1) is 9.79. The number of nitrogens with one attached hydrogen (secondary N) is 3. The summed E-state index contributed by atoms with van der Waals surface area (Å²) in [6.07, 6.45) is 3.89. The van der Waals surface area contributed by atoms with E-state index in [2.05, 4.69) is 33.0 Å². The second-order valence-electron chi connectivity index (χ2n) is 4.93. The van der Waals surface area contributed by atoms with Gasteiger partial charge in [-0.25, -0.2) is 4.98 Å². The first kappa shape index (κ1) is 14.7. The van der Waals surface area contributed by atoms with E-state index in [0.717, 1.165) is 32.5 Å². The van der Waals surface area contributed by atoms with E-state index in [1.165, 1.54) is 0 Å². The van der Waals surface area contributed by atoms with Gasteiger partial charge in [-0.1, -0.05) is 13.0 Å². The zero-order chi connectivity index (χ0) is 14.2. The van der Waals surface area contributed by atoms with Crippen LogP contribution in [0.1, 0.15) is 19.8 Å². The topological polar surface area (TPSA) is 69.3 Å². The smallest absolute Gasteiger partial charge is 0.252 e. The summed E-state index contributed by atoms with van der Waals surface area (Å²) >= 11 is 0. The van der Waals surface area contributed by atoms with Gasteiger partial charge in [-0.3, -0.25) is 20.5 Å². The number of pyridine rings is 1. The number of carbonyl (C=O) groups excluding carboxylic acids is 1. The number of nitrogens with zero attached hydrogens (tertiary/aromatic N) is 2. The number of hydrazine groups is 1. The molecule has 1 aliphatic heterocycles. The number of likely N-dealkylation sites (N-methyl/N-ethyl adjacent to an activating group) is 1. The van der Waals surface area contributed by atoms with Crippen molar-refractivity contribution in [1.82, 2.24) is 20.6 Å². The highest BCUT2D eigenvalue weighted by atomic mass is 16.2. The molecule has 20 heavy (non-hydrogen) atoms. The zero-order valence-corrected chi connectivity index (χ0v) is 11.9. The number of aromatic nitrogens is 1. The van der Waals surface area contributed by atoms with Gasteiger partial charge in [-0.15, -0.1) is 0 Å². The summed E-state index contributed by atoms with van der Waals surface area (Å²) in [4.78, 5) is 18.3. The predicted molar refractivity (Wildman–Crippen MR) is 79.1 cm³/mol. The predicted octanol–water partition coefficient (Wildman–Crippen LogP) is 0.599. The Morgan fingerprint density at radius 3 is 2.90 bits per heavy atom. The Morgan fingerprint density at radius 1 is 1.45 bits per heavy atom. The lowest BCUT2D eigenvalue weighted by Crippen LogP contribution is -2.48. The molecule has 0 unspecified atom stereocenters. The fourth-order valence-corrected chi connectivity index (χ4v) is 2.47. The third-order valence-electron chi connectivity index (χ3n) is 3.57. The van der Waals surface area contributed by atoms with Crippen LogP contribution in [-0.2, 0) is 4.79 Å². The van der Waals surface area contributed by atoms with Gasteiger partial charge in [0.2, 0.25) is 0 Å². The number of piperidine rings is 1. The van der Waals surface area contributed by atoms with Crippen molar-refractivity contribution in [3.8, 4) is 0 Å². The van der Waals surface area contributed by atoms with Gasteiger partial charge in [0, 0.05) is 12.2 Å². The Balaban J connectivity index is 1.77. The molecule has 3 N–H and O–H groups in total. The van der Waals surface area contributed by atoms with Gasteiger partial charge in [0.1, 0.15) is 5.82 Å². The molecule has 0 atom stereocenters. The van der Waals surface area contributed by atoms with Crippen LogP contribution in [0.3, 0.4) is 0 Å². The quantitative estimate of drug-likeness (QED) is 0.664. The van der Waals surface area contributed by atoms with Crippen LogP contribution in [0.4, 0.5) is 5.82 Å². The molecule has 0 aromatic carbocycles. The van der Waals surface area contributed by atoms with Crippen molar-refractivity contribution in [2.75, 3.05) is 31.6 Å². The molecule has 1 aromatic rings. The molecule has 6 nitrogen and oxygen atoms in total. The molecule has 110 valence electrons. The van der Waals surface area contributed by atoms with Crippen LogP contribution in [0.15, 0.2) is 24.4 Å². The molecule has 1 fully saturated rings. The lowest BCUT2D eigenvalue weighted by Gasteiger charge is -2.33. The highest BCUT2D eigenvalue weighted by molar-refractivity contribution is 5.79. The van der Waals surface area contributed by atoms with Gasteiger partial charge in [0.05, 0.1) is 6.54 Å². The van der Waals surface area contributed by atoms with Gasteiger partial charge in [-0.05, 0) is 44.6 Å². The lowest BCUT2D eigenvalue weighted by molar-refractivity contribution is -0.122. The van der Waals surface area contributed by atoms with Crippen LogP contribution in [0.2, 0.25) is 0 Å². The van der Waals surface area contributed by atoms with Crippen molar-refractivity contribution < 1.29 is 4.79 Å². The monoisotopic (exact) mass is 277 g/mol. The van der Waals surface area contributed by atoms with Gasteiger partial charge < -0.3 is 5.32 Å². The molecular formula is C14H23N5O. The van der Waals surface area contributed by atoms with Gasteiger partial charge in [0.25, 0.3) is 5.91 Å². The van der Waals surface area contributed by atoms with Crippen molar-refractivity contribution in [1.29, 1.82) is 0 Å². The number of hydrogen-bond donors (Lipinski definition) is 3. The Kier molecular flexibility index (Phi) is 5.76. The molecule has 0 aliphatic carbocycles. The highest BCUT2D eigenvalue weighted by Crippen LogP contribution is 2.10. The standard InChI is InChI=1S/C14H23N5O/c1-2-19(12-6-9-15-10-7-12)11-14(20)18-17-13-5-3-4-8-16-13/h3-5,8,12,15H,2,6-7,9-11H2,1H3,(H,16,17)(H,18,20). The third-order valence-corrected chi connectivity index (χ3v) is 3.57. The Morgan fingerprint density at radius 2 is 2.25 bits per heavy atom. The van der Waals surface area contributed by atoms with E-state index in [4.69, 9.17) is 0 Å². The van der Waals surface area contributed by atoms with Gasteiger partial charge >= 0.3 is 0 Å². The lowest BCUT2D eigenvalue weighted by atomic mass is 10.0. The van der Waals surface area contributed by atoms with Crippen LogP contribution in [0.25, 0.3) is 0 Å². The summed E-state index contributed by atoms with van der Waals surface area (Å²) in [6.45, 7) is 5.48. The van der Waals surface area contributed by atoms with E-state index in [0.29, 0.717) is 18.4 Å². The van der Waals surface area contributed by atoms with Crippen molar-refractivity contribution >= 4 is 11.7 Å². The largest absolute Gasteiger partial charge is 0.317 e. The summed E-state index contributed by atoms with van der Waals surface area (Å²) in [5, 5.41) is 3.35. The molecule has 0 bridgehead atoms. The molecule has 1 amide bonds. The van der Waals surface area contributed by atoms with Gasteiger partial charge in [0.15, 0.2) is 0 Å². The average Bonchev–Trinajstić information content (AvgIpc) is 2.52. The molecule has 1 aromatic heterocycles. The summed E-state index contributed by atoms with van der Waals surface area (Å²) in [7, 11) is 0. The number of anilines is 1. The van der Waals surface area contributed by atoms with E-state index >= 15 is 0 Å². The Labute approximate surface area is 119 Å². The molecule has 1 aliphatic rings. The molecule has 2 heterocycles. The normalized spacial score (nSPS) is 16.1. The fraction of sp³-hybridized carbons (Fsp3) is 0.571. The maximum atomic E-state index is 12.0. The molecule has 2 rings (SSSR count). The molecule has 0 spiro atoms. The van der Waals surface area contributed by atoms with Crippen LogP contribution in [0.5, 0.6) is 0 Å². The minimum Gasteiger partial charge on any atom is -0.317 e. The second-order valence-corrected chi connectivity index (χ2v) is 4.93. The number of amides is 1. The average molecular weight is 277 g/mol. The first-order valence-corrected chi connectivity index (χ1v) is 7.20. The highest BCUT2D eigenvalue weighted by Gasteiger charge is 2.21. The Bertz CT molecular complexity index is 405. The van der Waals surface area contributed by atoms with E-state index in [1.807, 2.05) is 18.2 Å². The first-order valence-electron chi connectivity index (χ1n) is 7.20. The minimum atomic E-state index is -0.0314.